The lowest BCUT2D eigenvalue weighted by molar-refractivity contribution is 0.00578. The fourth-order valence-electron chi connectivity index (χ4n) is 3.49. The summed E-state index contributed by atoms with van der Waals surface area (Å²) in [5.74, 6) is 0.642. The lowest BCUT2D eigenvalue weighted by Gasteiger charge is -2.35. The first-order chi connectivity index (χ1) is 12.3. The van der Waals surface area contributed by atoms with E-state index >= 15 is 0 Å². The van der Waals surface area contributed by atoms with Crippen LogP contribution in [0.25, 0.3) is 0 Å². The molecule has 0 radical (unpaired) electrons. The molecule has 3 N–H and O–H groups in total. The minimum absolute atomic E-state index is 0.359. The zero-order valence-electron chi connectivity index (χ0n) is 16.5. The van der Waals surface area contributed by atoms with Crippen molar-refractivity contribution in [1.82, 2.24) is 14.9 Å². The molecule has 0 aliphatic carbocycles. The van der Waals surface area contributed by atoms with Crippen molar-refractivity contribution in [2.24, 2.45) is 5.73 Å². The van der Waals surface area contributed by atoms with E-state index in [-0.39, 0.29) is 11.2 Å². The molecule has 1 aromatic rings. The molecule has 3 heterocycles. The minimum atomic E-state index is -0.424. The fraction of sp³-hybridized carbons (Fsp3) is 0.778. The van der Waals surface area contributed by atoms with Crippen molar-refractivity contribution in [1.29, 1.82) is 0 Å². The number of nitrogens with zero attached hydrogens (tertiary/aromatic N) is 3. The molecule has 2 aliphatic rings. The van der Waals surface area contributed by atoms with Crippen LogP contribution in [0.2, 0.25) is 0 Å². The van der Waals surface area contributed by atoms with E-state index in [1.165, 1.54) is 19.3 Å². The number of nitrogens with one attached hydrogen (secondary N) is 1. The van der Waals surface area contributed by atoms with Crippen LogP contribution in [0.5, 0.6) is 0 Å². The van der Waals surface area contributed by atoms with Gasteiger partial charge in [0, 0.05) is 43.5 Å². The topological polar surface area (TPSA) is 85.5 Å². The van der Waals surface area contributed by atoms with Crippen molar-refractivity contribution < 1.29 is 9.31 Å². The van der Waals surface area contributed by atoms with E-state index in [4.69, 9.17) is 15.0 Å². The van der Waals surface area contributed by atoms with Crippen LogP contribution >= 0.6 is 0 Å². The Morgan fingerprint density at radius 1 is 1.19 bits per heavy atom. The highest BCUT2D eigenvalue weighted by Gasteiger charge is 2.51. The molecule has 8 heteroatoms. The van der Waals surface area contributed by atoms with Gasteiger partial charge in [-0.3, -0.25) is 4.90 Å². The molecule has 144 valence electrons. The number of hydrogen-bond acceptors (Lipinski definition) is 7. The molecule has 7 nitrogen and oxygen atoms in total. The van der Waals surface area contributed by atoms with Gasteiger partial charge in [0.2, 0.25) is 5.95 Å². The highest BCUT2D eigenvalue weighted by atomic mass is 16.7. The van der Waals surface area contributed by atoms with Crippen LogP contribution in [-0.4, -0.2) is 65.4 Å². The molecule has 1 atom stereocenters. The molecule has 0 bridgehead atoms. The Kier molecular flexibility index (Phi) is 5.86. The molecule has 0 saturated carbocycles. The lowest BCUT2D eigenvalue weighted by atomic mass is 9.81. The summed E-state index contributed by atoms with van der Waals surface area (Å²) < 4.78 is 12.1. The summed E-state index contributed by atoms with van der Waals surface area (Å²) in [6.45, 7) is 11.8. The van der Waals surface area contributed by atoms with E-state index in [0.29, 0.717) is 18.5 Å². The summed E-state index contributed by atoms with van der Waals surface area (Å²) in [6.07, 6.45) is 7.30. The van der Waals surface area contributed by atoms with Gasteiger partial charge >= 0.3 is 7.12 Å². The second-order valence-electron chi connectivity index (χ2n) is 8.28. The maximum atomic E-state index is 6.04. The average molecular weight is 361 g/mol. The van der Waals surface area contributed by atoms with Gasteiger partial charge in [-0.05, 0) is 47.1 Å². The van der Waals surface area contributed by atoms with Gasteiger partial charge in [0.1, 0.15) is 0 Å². The SMILES string of the molecule is CC1(C)OB(c2cnc(NC[C@H]3CCCCN3CCN)nc2)OC1(C)C. The smallest absolute Gasteiger partial charge is 0.399 e. The van der Waals surface area contributed by atoms with Gasteiger partial charge in [0.25, 0.3) is 0 Å². The molecule has 0 amide bonds. The molecule has 1 aromatic heterocycles. The molecule has 26 heavy (non-hydrogen) atoms. The van der Waals surface area contributed by atoms with E-state index in [0.717, 1.165) is 25.1 Å². The number of anilines is 1. The second-order valence-corrected chi connectivity index (χ2v) is 8.28. The summed E-state index contributed by atoms with van der Waals surface area (Å²) >= 11 is 0. The van der Waals surface area contributed by atoms with Gasteiger partial charge in [-0.2, -0.15) is 0 Å². The number of hydrogen-bond donors (Lipinski definition) is 2. The van der Waals surface area contributed by atoms with E-state index < -0.39 is 7.12 Å². The molecule has 3 rings (SSSR count). The highest BCUT2D eigenvalue weighted by Crippen LogP contribution is 2.36. The van der Waals surface area contributed by atoms with Crippen molar-refractivity contribution in [3.63, 3.8) is 0 Å². The van der Waals surface area contributed by atoms with Crippen molar-refractivity contribution in [2.75, 3.05) is 31.5 Å². The standard InChI is InChI=1S/C18H32BN5O2/c1-17(2)18(3,4)26-19(25-17)14-11-21-16(22-12-14)23-13-15-7-5-6-9-24(15)10-8-20/h11-12,15H,5-10,13,20H2,1-4H3,(H,21,22,23)/t15-/m1/s1. The second kappa shape index (κ2) is 7.80. The summed E-state index contributed by atoms with van der Waals surface area (Å²) in [6, 6.07) is 0.499. The van der Waals surface area contributed by atoms with Crippen molar-refractivity contribution in [3.8, 4) is 0 Å². The first kappa shape index (κ1) is 19.5. The Morgan fingerprint density at radius 3 is 2.46 bits per heavy atom. The number of aromatic nitrogens is 2. The van der Waals surface area contributed by atoms with E-state index in [9.17, 15) is 0 Å². The number of likely N-dealkylation sites (tertiary alicyclic amines) is 1. The zero-order chi connectivity index (χ0) is 18.8. The normalized spacial score (nSPS) is 25.4. The van der Waals surface area contributed by atoms with Crippen molar-refractivity contribution >= 4 is 18.5 Å². The van der Waals surface area contributed by atoms with Crippen LogP contribution in [-0.2, 0) is 9.31 Å². The zero-order valence-corrected chi connectivity index (χ0v) is 16.5. The Hall–Kier alpha value is -1.22. The Bertz CT molecular complexity index is 578. The van der Waals surface area contributed by atoms with Gasteiger partial charge < -0.3 is 20.4 Å². The van der Waals surface area contributed by atoms with Crippen molar-refractivity contribution in [2.45, 2.75) is 64.2 Å². The molecular weight excluding hydrogens is 329 g/mol. The summed E-state index contributed by atoms with van der Waals surface area (Å²) in [4.78, 5) is 11.4. The van der Waals surface area contributed by atoms with Crippen LogP contribution < -0.4 is 16.5 Å². The molecule has 2 aliphatic heterocycles. The predicted octanol–water partition coefficient (Wildman–Crippen LogP) is 1.00. The molecule has 0 spiro atoms. The first-order valence-corrected chi connectivity index (χ1v) is 9.68. The maximum Gasteiger partial charge on any atom is 0.498 e. The third-order valence-corrected chi connectivity index (χ3v) is 5.86. The number of piperidine rings is 1. The molecule has 0 unspecified atom stereocenters. The van der Waals surface area contributed by atoms with E-state index in [2.05, 4.69) is 20.2 Å². The Balaban J connectivity index is 1.57. The summed E-state index contributed by atoms with van der Waals surface area (Å²) in [5, 5.41) is 3.37. The van der Waals surface area contributed by atoms with Crippen LogP contribution in [0.1, 0.15) is 47.0 Å². The third kappa shape index (κ3) is 4.19. The lowest BCUT2D eigenvalue weighted by Crippen LogP contribution is -2.45. The number of nitrogens with two attached hydrogens (primary N) is 1. The first-order valence-electron chi connectivity index (χ1n) is 9.68. The highest BCUT2D eigenvalue weighted by molar-refractivity contribution is 6.61. The fourth-order valence-corrected chi connectivity index (χ4v) is 3.49. The quantitative estimate of drug-likeness (QED) is 0.731. The van der Waals surface area contributed by atoms with Crippen LogP contribution in [0.15, 0.2) is 12.4 Å². The van der Waals surface area contributed by atoms with Crippen LogP contribution in [0, 0.1) is 0 Å². The van der Waals surface area contributed by atoms with Gasteiger partial charge in [0.05, 0.1) is 11.2 Å². The third-order valence-electron chi connectivity index (χ3n) is 5.86. The molecule has 2 saturated heterocycles. The minimum Gasteiger partial charge on any atom is -0.399 e. The summed E-state index contributed by atoms with van der Waals surface area (Å²) in [5.41, 5.74) is 5.86. The number of rotatable bonds is 6. The van der Waals surface area contributed by atoms with E-state index in [1.807, 2.05) is 27.7 Å². The maximum absolute atomic E-state index is 6.04. The van der Waals surface area contributed by atoms with Gasteiger partial charge in [0.15, 0.2) is 0 Å². The molecule has 2 fully saturated rings. The average Bonchev–Trinajstić information content (AvgIpc) is 2.82. The van der Waals surface area contributed by atoms with E-state index in [1.54, 1.807) is 12.4 Å². The molecule has 0 aromatic carbocycles. The van der Waals surface area contributed by atoms with Crippen LogP contribution in [0.3, 0.4) is 0 Å². The largest absolute Gasteiger partial charge is 0.498 e. The van der Waals surface area contributed by atoms with Gasteiger partial charge in [-0.25, -0.2) is 9.97 Å². The summed E-state index contributed by atoms with van der Waals surface area (Å²) in [7, 11) is -0.424. The Morgan fingerprint density at radius 2 is 1.85 bits per heavy atom. The van der Waals surface area contributed by atoms with Crippen LogP contribution in [0.4, 0.5) is 5.95 Å². The molecular formula is C18H32BN5O2. The van der Waals surface area contributed by atoms with Gasteiger partial charge in [-0.1, -0.05) is 6.42 Å². The van der Waals surface area contributed by atoms with Crippen molar-refractivity contribution in [3.05, 3.63) is 12.4 Å². The predicted molar refractivity (Wildman–Crippen MR) is 105 cm³/mol. The van der Waals surface area contributed by atoms with Gasteiger partial charge in [-0.15, -0.1) is 0 Å². The monoisotopic (exact) mass is 361 g/mol. The Labute approximate surface area is 157 Å².